The van der Waals surface area contributed by atoms with Crippen molar-refractivity contribution >= 4 is 0 Å². The lowest BCUT2D eigenvalue weighted by Gasteiger charge is -2.23. The van der Waals surface area contributed by atoms with Gasteiger partial charge in [0.1, 0.15) is 6.10 Å². The summed E-state index contributed by atoms with van der Waals surface area (Å²) in [5.74, 6) is 3.10. The van der Waals surface area contributed by atoms with Crippen molar-refractivity contribution in [3.8, 4) is 0 Å². The van der Waals surface area contributed by atoms with Crippen molar-refractivity contribution in [2.75, 3.05) is 0 Å². The molecule has 2 fully saturated rings. The summed E-state index contributed by atoms with van der Waals surface area (Å²) >= 11 is 0. The molecule has 2 aliphatic carbocycles. The van der Waals surface area contributed by atoms with Crippen LogP contribution in [0.3, 0.4) is 0 Å². The molecule has 0 aliphatic heterocycles. The Kier molecular flexibility index (Phi) is 2.64. The summed E-state index contributed by atoms with van der Waals surface area (Å²) in [5, 5.41) is 10.1. The SMILES string of the molecule is OC(CC1CC2CCC1C2)c1ncccn1. The van der Waals surface area contributed by atoms with E-state index in [0.717, 1.165) is 18.3 Å². The molecule has 3 rings (SSSR count). The Labute approximate surface area is 95.9 Å². The largest absolute Gasteiger partial charge is 0.385 e. The van der Waals surface area contributed by atoms with E-state index in [2.05, 4.69) is 9.97 Å². The fraction of sp³-hybridized carbons (Fsp3) is 0.692. The summed E-state index contributed by atoms with van der Waals surface area (Å²) in [5.41, 5.74) is 0. The van der Waals surface area contributed by atoms with E-state index >= 15 is 0 Å². The van der Waals surface area contributed by atoms with Crippen molar-refractivity contribution in [3.05, 3.63) is 24.3 Å². The van der Waals surface area contributed by atoms with Crippen LogP contribution in [0.2, 0.25) is 0 Å². The predicted molar refractivity (Wildman–Crippen MR) is 60.5 cm³/mol. The van der Waals surface area contributed by atoms with Gasteiger partial charge in [-0.15, -0.1) is 0 Å². The van der Waals surface area contributed by atoms with Crippen LogP contribution in [-0.4, -0.2) is 15.1 Å². The molecule has 0 radical (unpaired) electrons. The number of hydrogen-bond donors (Lipinski definition) is 1. The first-order valence-electron chi connectivity index (χ1n) is 6.28. The maximum atomic E-state index is 10.1. The zero-order valence-corrected chi connectivity index (χ0v) is 9.42. The van der Waals surface area contributed by atoms with Crippen molar-refractivity contribution < 1.29 is 5.11 Å². The predicted octanol–water partition coefficient (Wildman–Crippen LogP) is 2.34. The van der Waals surface area contributed by atoms with Crippen LogP contribution in [-0.2, 0) is 0 Å². The highest BCUT2D eigenvalue weighted by Crippen LogP contribution is 2.50. The Bertz CT molecular complexity index is 354. The first kappa shape index (κ1) is 10.2. The van der Waals surface area contributed by atoms with E-state index in [-0.39, 0.29) is 0 Å². The Morgan fingerprint density at radius 3 is 2.69 bits per heavy atom. The number of aliphatic hydroxyl groups is 1. The molecule has 86 valence electrons. The average Bonchev–Trinajstić information content (AvgIpc) is 2.92. The van der Waals surface area contributed by atoms with Gasteiger partial charge in [-0.3, -0.25) is 0 Å². The second-order valence-electron chi connectivity index (χ2n) is 5.29. The molecule has 4 atom stereocenters. The van der Waals surface area contributed by atoms with Crippen molar-refractivity contribution in [2.24, 2.45) is 17.8 Å². The maximum Gasteiger partial charge on any atom is 0.156 e. The molecule has 1 heterocycles. The fourth-order valence-electron chi connectivity index (χ4n) is 3.54. The number of hydrogen-bond acceptors (Lipinski definition) is 3. The van der Waals surface area contributed by atoms with Crippen LogP contribution in [0.4, 0.5) is 0 Å². The summed E-state index contributed by atoms with van der Waals surface area (Å²) in [6.07, 6.45) is 9.29. The molecule has 1 N–H and O–H groups in total. The highest BCUT2D eigenvalue weighted by molar-refractivity contribution is 4.96. The van der Waals surface area contributed by atoms with Crippen LogP contribution in [0.5, 0.6) is 0 Å². The van der Waals surface area contributed by atoms with E-state index in [1.165, 1.54) is 25.7 Å². The second-order valence-corrected chi connectivity index (χ2v) is 5.29. The van der Waals surface area contributed by atoms with Gasteiger partial charge in [0.2, 0.25) is 0 Å². The van der Waals surface area contributed by atoms with Crippen LogP contribution in [0, 0.1) is 17.8 Å². The Balaban J connectivity index is 1.63. The van der Waals surface area contributed by atoms with E-state index in [4.69, 9.17) is 0 Å². The first-order chi connectivity index (χ1) is 7.83. The minimum absolute atomic E-state index is 0.467. The number of fused-ring (bicyclic) bond motifs is 2. The number of aliphatic hydroxyl groups excluding tert-OH is 1. The van der Waals surface area contributed by atoms with Crippen molar-refractivity contribution in [3.63, 3.8) is 0 Å². The van der Waals surface area contributed by atoms with E-state index in [9.17, 15) is 5.11 Å². The Morgan fingerprint density at radius 1 is 1.25 bits per heavy atom. The molecule has 1 aromatic heterocycles. The first-order valence-corrected chi connectivity index (χ1v) is 6.28. The van der Waals surface area contributed by atoms with E-state index in [0.29, 0.717) is 11.7 Å². The van der Waals surface area contributed by atoms with E-state index < -0.39 is 6.10 Å². The number of rotatable bonds is 3. The van der Waals surface area contributed by atoms with E-state index in [1.807, 2.05) is 0 Å². The molecule has 0 aromatic carbocycles. The van der Waals surface area contributed by atoms with Gasteiger partial charge in [-0.2, -0.15) is 0 Å². The van der Waals surface area contributed by atoms with E-state index in [1.54, 1.807) is 18.5 Å². The van der Waals surface area contributed by atoms with Crippen LogP contribution in [0.1, 0.15) is 44.0 Å². The molecule has 0 spiro atoms. The van der Waals surface area contributed by atoms with Gasteiger partial charge in [-0.1, -0.05) is 6.42 Å². The van der Waals surface area contributed by atoms with Crippen LogP contribution in [0.15, 0.2) is 18.5 Å². The lowest BCUT2D eigenvalue weighted by Crippen LogP contribution is -2.15. The highest BCUT2D eigenvalue weighted by atomic mass is 16.3. The molecule has 2 saturated carbocycles. The lowest BCUT2D eigenvalue weighted by atomic mass is 9.85. The van der Waals surface area contributed by atoms with Crippen LogP contribution >= 0.6 is 0 Å². The Hall–Kier alpha value is -0.960. The average molecular weight is 218 g/mol. The zero-order valence-electron chi connectivity index (χ0n) is 9.42. The third-order valence-corrected chi connectivity index (χ3v) is 4.29. The molecule has 2 aliphatic rings. The quantitative estimate of drug-likeness (QED) is 0.847. The van der Waals surface area contributed by atoms with Crippen molar-refractivity contribution in [1.82, 2.24) is 9.97 Å². The van der Waals surface area contributed by atoms with Gasteiger partial charge in [0.05, 0.1) is 0 Å². The topological polar surface area (TPSA) is 46.0 Å². The molecule has 4 unspecified atom stereocenters. The Morgan fingerprint density at radius 2 is 2.06 bits per heavy atom. The van der Waals surface area contributed by atoms with Crippen LogP contribution < -0.4 is 0 Å². The highest BCUT2D eigenvalue weighted by Gasteiger charge is 2.40. The van der Waals surface area contributed by atoms with Gasteiger partial charge < -0.3 is 5.11 Å². The number of aromatic nitrogens is 2. The summed E-state index contributed by atoms with van der Waals surface area (Å²) < 4.78 is 0. The second kappa shape index (κ2) is 4.13. The summed E-state index contributed by atoms with van der Waals surface area (Å²) in [6.45, 7) is 0. The molecule has 1 aromatic rings. The standard InChI is InChI=1S/C13H18N2O/c16-12(13-14-4-1-5-15-13)8-11-7-9-2-3-10(11)6-9/h1,4-5,9-12,16H,2-3,6-8H2. The van der Waals surface area contributed by atoms with Gasteiger partial charge in [0, 0.05) is 12.4 Å². The van der Waals surface area contributed by atoms with Crippen molar-refractivity contribution in [1.29, 1.82) is 0 Å². The maximum absolute atomic E-state index is 10.1. The minimum atomic E-state index is -0.467. The molecule has 16 heavy (non-hydrogen) atoms. The molecule has 2 bridgehead atoms. The molecular weight excluding hydrogens is 200 g/mol. The number of nitrogens with zero attached hydrogens (tertiary/aromatic N) is 2. The van der Waals surface area contributed by atoms with Gasteiger partial charge >= 0.3 is 0 Å². The summed E-state index contributed by atoms with van der Waals surface area (Å²) in [6, 6.07) is 1.79. The third-order valence-electron chi connectivity index (χ3n) is 4.29. The normalized spacial score (nSPS) is 34.2. The molecular formula is C13H18N2O. The monoisotopic (exact) mass is 218 g/mol. The van der Waals surface area contributed by atoms with Gasteiger partial charge in [0.25, 0.3) is 0 Å². The molecule has 0 saturated heterocycles. The van der Waals surface area contributed by atoms with Crippen LogP contribution in [0.25, 0.3) is 0 Å². The summed E-state index contributed by atoms with van der Waals surface area (Å²) in [7, 11) is 0. The molecule has 3 heteroatoms. The zero-order chi connectivity index (χ0) is 11.0. The molecule has 0 amide bonds. The van der Waals surface area contributed by atoms with Gasteiger partial charge in [-0.05, 0) is 49.5 Å². The van der Waals surface area contributed by atoms with Crippen molar-refractivity contribution in [2.45, 2.75) is 38.2 Å². The fourth-order valence-corrected chi connectivity index (χ4v) is 3.54. The molecule has 3 nitrogen and oxygen atoms in total. The third kappa shape index (κ3) is 1.84. The summed E-state index contributed by atoms with van der Waals surface area (Å²) in [4.78, 5) is 8.24. The smallest absolute Gasteiger partial charge is 0.156 e. The minimum Gasteiger partial charge on any atom is -0.385 e. The van der Waals surface area contributed by atoms with Gasteiger partial charge in [-0.25, -0.2) is 9.97 Å². The van der Waals surface area contributed by atoms with Gasteiger partial charge in [0.15, 0.2) is 5.82 Å². The lowest BCUT2D eigenvalue weighted by molar-refractivity contribution is 0.117.